The quantitative estimate of drug-likeness (QED) is 0.368. The highest BCUT2D eigenvalue weighted by atomic mass is 19.3. The molecule has 4 N–H and O–H groups in total. The number of pyridine rings is 1. The molecular weight excluding hydrogens is 475 g/mol. The SMILES string of the molecule is Cn1nc(-c2ccc(N3CC[C@](O)(C(F)F)C3)nc2)nc1Nc1ccc(-c2ccnc(N)n2)c(F)c1. The second kappa shape index (κ2) is 9.07. The number of alkyl halides is 2. The van der Waals surface area contributed by atoms with Crippen molar-refractivity contribution >= 4 is 23.4 Å². The van der Waals surface area contributed by atoms with Crippen LogP contribution in [0.4, 0.5) is 36.6 Å². The van der Waals surface area contributed by atoms with Crippen LogP contribution in [0.5, 0.6) is 0 Å². The van der Waals surface area contributed by atoms with E-state index >= 15 is 0 Å². The summed E-state index contributed by atoms with van der Waals surface area (Å²) in [5, 5.41) is 17.4. The average Bonchev–Trinajstić information content (AvgIpc) is 3.43. The van der Waals surface area contributed by atoms with E-state index in [0.29, 0.717) is 34.5 Å². The second-order valence-electron chi connectivity index (χ2n) is 8.48. The van der Waals surface area contributed by atoms with Gasteiger partial charge in [0, 0.05) is 49.2 Å². The molecule has 0 radical (unpaired) electrons. The van der Waals surface area contributed by atoms with Crippen molar-refractivity contribution in [1.82, 2.24) is 29.7 Å². The maximum atomic E-state index is 14.7. The number of nitrogens with zero attached hydrogens (tertiary/aromatic N) is 7. The van der Waals surface area contributed by atoms with Crippen LogP contribution in [0.25, 0.3) is 22.6 Å². The number of hydrogen-bond acceptors (Lipinski definition) is 9. The first-order chi connectivity index (χ1) is 17.2. The number of nitrogens with two attached hydrogens (primary N) is 1. The lowest BCUT2D eigenvalue weighted by molar-refractivity contribution is -0.0800. The van der Waals surface area contributed by atoms with Crippen LogP contribution in [0.15, 0.2) is 48.8 Å². The highest BCUT2D eigenvalue weighted by Crippen LogP contribution is 2.31. The van der Waals surface area contributed by atoms with Crippen LogP contribution < -0.4 is 16.0 Å². The summed E-state index contributed by atoms with van der Waals surface area (Å²) in [6.45, 7) is 0.0932. The number of hydrogen-bond donors (Lipinski definition) is 3. The molecule has 186 valence electrons. The summed E-state index contributed by atoms with van der Waals surface area (Å²) in [6.07, 6.45) is 0.150. The van der Waals surface area contributed by atoms with Crippen LogP contribution >= 0.6 is 0 Å². The number of benzene rings is 1. The van der Waals surface area contributed by atoms with Crippen LogP contribution in [-0.2, 0) is 7.05 Å². The summed E-state index contributed by atoms with van der Waals surface area (Å²) < 4.78 is 42.4. The third-order valence-electron chi connectivity index (χ3n) is 5.95. The molecule has 3 aromatic heterocycles. The molecule has 1 atom stereocenters. The van der Waals surface area contributed by atoms with E-state index in [-0.39, 0.29) is 31.0 Å². The van der Waals surface area contributed by atoms with Gasteiger partial charge in [-0.1, -0.05) is 0 Å². The monoisotopic (exact) mass is 497 g/mol. The van der Waals surface area contributed by atoms with E-state index < -0.39 is 17.8 Å². The minimum Gasteiger partial charge on any atom is -0.382 e. The molecule has 4 heterocycles. The van der Waals surface area contributed by atoms with E-state index in [1.54, 1.807) is 42.3 Å². The molecule has 0 aliphatic carbocycles. The Kier molecular flexibility index (Phi) is 5.92. The Morgan fingerprint density at radius 2 is 1.97 bits per heavy atom. The summed E-state index contributed by atoms with van der Waals surface area (Å²) in [6, 6.07) is 9.53. The zero-order chi connectivity index (χ0) is 25.4. The minimum atomic E-state index is -2.82. The lowest BCUT2D eigenvalue weighted by atomic mass is 10.1. The fourth-order valence-corrected chi connectivity index (χ4v) is 3.97. The molecule has 13 heteroatoms. The standard InChI is InChI=1S/C23H22F3N9O/c1-34-22(30-14-3-4-15(16(24)10-14)17-6-8-28-21(27)31-17)32-19(33-34)13-2-5-18(29-11-13)35-9-7-23(36,12-35)20(25)26/h2-6,8,10-11,20,36H,7,9,12H2,1H3,(H2,27,28,31)(H,30,32,33)/t23-/m1/s1. The van der Waals surface area contributed by atoms with Gasteiger partial charge in [-0.25, -0.2) is 32.8 Å². The molecule has 4 aromatic rings. The van der Waals surface area contributed by atoms with Gasteiger partial charge in [-0.2, -0.15) is 4.98 Å². The fourth-order valence-electron chi connectivity index (χ4n) is 3.97. The topological polar surface area (TPSA) is 131 Å². The number of aromatic nitrogens is 6. The molecule has 1 saturated heterocycles. The van der Waals surface area contributed by atoms with E-state index in [9.17, 15) is 18.3 Å². The third kappa shape index (κ3) is 4.52. The molecule has 0 saturated carbocycles. The van der Waals surface area contributed by atoms with Gasteiger partial charge in [0.1, 0.15) is 17.2 Å². The number of halogens is 3. The lowest BCUT2D eigenvalue weighted by Gasteiger charge is -2.22. The van der Waals surface area contributed by atoms with E-state index in [1.165, 1.54) is 23.1 Å². The van der Waals surface area contributed by atoms with Crippen molar-refractivity contribution in [3.05, 3.63) is 54.6 Å². The second-order valence-corrected chi connectivity index (χ2v) is 8.48. The number of nitrogen functional groups attached to an aromatic ring is 1. The lowest BCUT2D eigenvalue weighted by Crippen LogP contribution is -2.40. The van der Waals surface area contributed by atoms with Gasteiger partial charge in [-0.05, 0) is 36.4 Å². The van der Waals surface area contributed by atoms with E-state index in [4.69, 9.17) is 5.73 Å². The Balaban J connectivity index is 1.31. The number of aryl methyl sites for hydroxylation is 1. The summed E-state index contributed by atoms with van der Waals surface area (Å²) in [4.78, 5) is 18.3. The molecule has 5 rings (SSSR count). The zero-order valence-corrected chi connectivity index (χ0v) is 19.1. The first-order valence-electron chi connectivity index (χ1n) is 11.0. The van der Waals surface area contributed by atoms with Crippen LogP contribution in [0.2, 0.25) is 0 Å². The van der Waals surface area contributed by atoms with Crippen LogP contribution in [-0.4, -0.2) is 59.9 Å². The van der Waals surface area contributed by atoms with Gasteiger partial charge >= 0.3 is 0 Å². The van der Waals surface area contributed by atoms with Crippen LogP contribution in [0, 0.1) is 5.82 Å². The first kappa shape index (κ1) is 23.5. The fraction of sp³-hybridized carbons (Fsp3) is 0.261. The highest BCUT2D eigenvalue weighted by molar-refractivity contribution is 5.66. The van der Waals surface area contributed by atoms with Gasteiger partial charge in [0.05, 0.1) is 12.2 Å². The van der Waals surface area contributed by atoms with Gasteiger partial charge < -0.3 is 21.1 Å². The Hall–Kier alpha value is -4.26. The molecule has 10 nitrogen and oxygen atoms in total. The van der Waals surface area contributed by atoms with Crippen LogP contribution in [0.3, 0.4) is 0 Å². The van der Waals surface area contributed by atoms with Gasteiger partial charge in [-0.15, -0.1) is 5.10 Å². The maximum absolute atomic E-state index is 14.7. The molecular formula is C23H22F3N9O. The van der Waals surface area contributed by atoms with Crippen molar-refractivity contribution < 1.29 is 18.3 Å². The summed E-state index contributed by atoms with van der Waals surface area (Å²) in [5.74, 6) is 0.775. The van der Waals surface area contributed by atoms with Gasteiger partial charge in [0.2, 0.25) is 11.9 Å². The minimum absolute atomic E-state index is 0.0282. The zero-order valence-electron chi connectivity index (χ0n) is 19.1. The van der Waals surface area contributed by atoms with Gasteiger partial charge in [-0.3, -0.25) is 0 Å². The number of β-amino-alcohol motifs (C(OH)–C–C–N with tert-alkyl or cyclic N) is 1. The molecule has 0 spiro atoms. The number of aliphatic hydroxyl groups is 1. The van der Waals surface area contributed by atoms with Crippen LogP contribution in [0.1, 0.15) is 6.42 Å². The Morgan fingerprint density at radius 3 is 2.64 bits per heavy atom. The van der Waals surface area contributed by atoms with Crippen molar-refractivity contribution in [2.45, 2.75) is 18.4 Å². The number of nitrogens with one attached hydrogen (secondary N) is 1. The largest absolute Gasteiger partial charge is 0.382 e. The molecule has 1 fully saturated rings. The molecule has 0 amide bonds. The number of rotatable bonds is 6. The summed E-state index contributed by atoms with van der Waals surface area (Å²) in [7, 11) is 1.68. The smallest absolute Gasteiger partial charge is 0.268 e. The van der Waals surface area contributed by atoms with Gasteiger partial charge in [0.15, 0.2) is 5.82 Å². The summed E-state index contributed by atoms with van der Waals surface area (Å²) >= 11 is 0. The Labute approximate surface area is 203 Å². The Morgan fingerprint density at radius 1 is 1.14 bits per heavy atom. The van der Waals surface area contributed by atoms with E-state index in [0.717, 1.165) is 0 Å². The third-order valence-corrected chi connectivity index (χ3v) is 5.95. The van der Waals surface area contributed by atoms with Crippen molar-refractivity contribution in [1.29, 1.82) is 0 Å². The normalized spacial score (nSPS) is 17.7. The Bertz CT molecular complexity index is 1400. The predicted molar refractivity (Wildman–Crippen MR) is 127 cm³/mol. The molecule has 0 bridgehead atoms. The van der Waals surface area contributed by atoms with Crippen molar-refractivity contribution in [2.24, 2.45) is 7.05 Å². The maximum Gasteiger partial charge on any atom is 0.268 e. The molecule has 1 aliphatic rings. The van der Waals surface area contributed by atoms with Gasteiger partial charge in [0.25, 0.3) is 6.43 Å². The number of anilines is 4. The van der Waals surface area contributed by atoms with Crippen molar-refractivity contribution in [3.63, 3.8) is 0 Å². The highest BCUT2D eigenvalue weighted by Gasteiger charge is 2.44. The first-order valence-corrected chi connectivity index (χ1v) is 11.0. The predicted octanol–water partition coefficient (Wildman–Crippen LogP) is 3.01. The summed E-state index contributed by atoms with van der Waals surface area (Å²) in [5.41, 5.74) is 5.27. The van der Waals surface area contributed by atoms with Crippen molar-refractivity contribution in [2.75, 3.05) is 29.0 Å². The molecule has 1 aromatic carbocycles. The molecule has 36 heavy (non-hydrogen) atoms. The van der Waals surface area contributed by atoms with E-state index in [2.05, 4.69) is 30.4 Å². The average molecular weight is 497 g/mol. The van der Waals surface area contributed by atoms with E-state index in [1.807, 2.05) is 0 Å². The molecule has 0 unspecified atom stereocenters. The van der Waals surface area contributed by atoms with Crippen molar-refractivity contribution in [3.8, 4) is 22.6 Å². The molecule has 1 aliphatic heterocycles.